The molecule has 3 atom stereocenters. The lowest BCUT2D eigenvalue weighted by Gasteiger charge is -2.34. The molecule has 2 aliphatic carbocycles. The molecule has 2 aromatic carbocycles. The molecule has 3 fully saturated rings. The van der Waals surface area contributed by atoms with Crippen molar-refractivity contribution < 1.29 is 19.2 Å². The van der Waals surface area contributed by atoms with Crippen LogP contribution in [0.2, 0.25) is 5.02 Å². The number of piperidine rings is 2. The summed E-state index contributed by atoms with van der Waals surface area (Å²) in [7, 11) is 0. The van der Waals surface area contributed by atoms with Gasteiger partial charge in [0.05, 0.1) is 0 Å². The highest BCUT2D eigenvalue weighted by molar-refractivity contribution is 8.00. The summed E-state index contributed by atoms with van der Waals surface area (Å²) >= 11 is 7.99. The molecule has 0 bridgehead atoms. The van der Waals surface area contributed by atoms with Crippen LogP contribution in [0, 0.1) is 17.3 Å². The summed E-state index contributed by atoms with van der Waals surface area (Å²) in [5, 5.41) is 3.52. The molecule has 3 heterocycles. The molecule has 5 aliphatic rings. The number of allylic oxidation sites excluding steroid dienone is 1. The number of imide groups is 1. The van der Waals surface area contributed by atoms with Gasteiger partial charge in [-0.2, -0.15) is 0 Å². The maximum absolute atomic E-state index is 13.8. The SMILES string of the molecule is CC1(C)CCC(C(=O)N2CC3C(C2)C3Sc2ccc3c(c2)CN(C2CCC(=O)NC2=O)C3=O)=C(c2ccc(Cl)cc2)C1. The molecule has 0 radical (unpaired) electrons. The van der Waals surface area contributed by atoms with Gasteiger partial charge >= 0.3 is 0 Å². The van der Waals surface area contributed by atoms with Gasteiger partial charge in [-0.25, -0.2) is 0 Å². The van der Waals surface area contributed by atoms with E-state index in [0.717, 1.165) is 53.9 Å². The summed E-state index contributed by atoms with van der Waals surface area (Å²) in [6, 6.07) is 13.2. The van der Waals surface area contributed by atoms with E-state index in [4.69, 9.17) is 11.6 Å². The summed E-state index contributed by atoms with van der Waals surface area (Å²) in [4.78, 5) is 55.5. The minimum absolute atomic E-state index is 0.146. The van der Waals surface area contributed by atoms with E-state index < -0.39 is 6.04 Å². The lowest BCUT2D eigenvalue weighted by molar-refractivity contribution is -0.137. The van der Waals surface area contributed by atoms with E-state index in [1.165, 1.54) is 5.57 Å². The first kappa shape index (κ1) is 27.7. The van der Waals surface area contributed by atoms with E-state index >= 15 is 0 Å². The zero-order chi connectivity index (χ0) is 29.3. The molecule has 42 heavy (non-hydrogen) atoms. The molecule has 1 N–H and O–H groups in total. The first-order chi connectivity index (χ1) is 20.1. The van der Waals surface area contributed by atoms with Gasteiger partial charge in [0.1, 0.15) is 6.04 Å². The van der Waals surface area contributed by atoms with E-state index in [0.29, 0.717) is 40.6 Å². The Bertz CT molecular complexity index is 1540. The molecule has 0 aromatic heterocycles. The van der Waals surface area contributed by atoms with Crippen molar-refractivity contribution in [3.63, 3.8) is 0 Å². The minimum Gasteiger partial charge on any atom is -0.338 e. The third-order valence-corrected chi connectivity index (χ3v) is 11.4. The van der Waals surface area contributed by atoms with Gasteiger partial charge in [-0.3, -0.25) is 24.5 Å². The third kappa shape index (κ3) is 4.96. The van der Waals surface area contributed by atoms with E-state index in [2.05, 4.69) is 30.1 Å². The number of carbonyl (C=O) groups excluding carboxylic acids is 4. The maximum Gasteiger partial charge on any atom is 0.255 e. The number of halogens is 1. The molecule has 9 heteroatoms. The molecule has 7 rings (SSSR count). The highest BCUT2D eigenvalue weighted by atomic mass is 35.5. The summed E-state index contributed by atoms with van der Waals surface area (Å²) in [6.07, 6.45) is 3.31. The number of likely N-dealkylation sites (tertiary alicyclic amines) is 1. The van der Waals surface area contributed by atoms with Crippen LogP contribution in [0.15, 0.2) is 52.9 Å². The lowest BCUT2D eigenvalue weighted by Crippen LogP contribution is -2.52. The Hall–Kier alpha value is -3.10. The molecule has 0 spiro atoms. The van der Waals surface area contributed by atoms with Gasteiger partial charge in [-0.05, 0) is 90.0 Å². The Balaban J connectivity index is 1.00. The van der Waals surface area contributed by atoms with Gasteiger partial charge in [0.25, 0.3) is 5.91 Å². The van der Waals surface area contributed by atoms with Gasteiger partial charge in [0, 0.05) is 52.4 Å². The number of nitrogens with zero attached hydrogens (tertiary/aromatic N) is 2. The lowest BCUT2D eigenvalue weighted by atomic mass is 9.72. The summed E-state index contributed by atoms with van der Waals surface area (Å²) in [5.74, 6) is 0.334. The van der Waals surface area contributed by atoms with Crippen LogP contribution in [-0.2, 0) is 20.9 Å². The molecule has 2 saturated heterocycles. The second-order valence-electron chi connectivity index (χ2n) is 13.1. The van der Waals surface area contributed by atoms with Crippen LogP contribution in [0.5, 0.6) is 0 Å². The number of thioether (sulfide) groups is 1. The Morgan fingerprint density at radius 1 is 1.02 bits per heavy atom. The minimum atomic E-state index is -0.601. The van der Waals surface area contributed by atoms with E-state index in [1.54, 1.807) is 4.90 Å². The van der Waals surface area contributed by atoms with Crippen LogP contribution in [-0.4, -0.2) is 57.8 Å². The number of nitrogens with one attached hydrogen (secondary N) is 1. The van der Waals surface area contributed by atoms with E-state index in [9.17, 15) is 19.2 Å². The topological polar surface area (TPSA) is 86.8 Å². The van der Waals surface area contributed by atoms with Gasteiger partial charge in [-0.15, -0.1) is 11.8 Å². The first-order valence-electron chi connectivity index (χ1n) is 14.8. The molecule has 1 saturated carbocycles. The Kier molecular flexibility index (Phi) is 6.77. The Morgan fingerprint density at radius 3 is 2.48 bits per heavy atom. The first-order valence-corrected chi connectivity index (χ1v) is 16.1. The van der Waals surface area contributed by atoms with Crippen molar-refractivity contribution in [3.05, 3.63) is 69.8 Å². The van der Waals surface area contributed by atoms with Gasteiger partial charge in [0.15, 0.2) is 0 Å². The number of fused-ring (bicyclic) bond motifs is 2. The average Bonchev–Trinajstić information content (AvgIpc) is 3.25. The number of amides is 4. The summed E-state index contributed by atoms with van der Waals surface area (Å²) in [6.45, 7) is 6.51. The smallest absolute Gasteiger partial charge is 0.255 e. The van der Waals surface area contributed by atoms with Crippen LogP contribution in [0.3, 0.4) is 0 Å². The van der Waals surface area contributed by atoms with E-state index in [-0.39, 0.29) is 35.5 Å². The molecule has 7 nitrogen and oxygen atoms in total. The number of benzene rings is 2. The molecular weight excluding hydrogens is 570 g/mol. The van der Waals surface area contributed by atoms with Gasteiger partial charge in [0.2, 0.25) is 17.7 Å². The quantitative estimate of drug-likeness (QED) is 0.468. The predicted molar refractivity (Wildman–Crippen MR) is 162 cm³/mol. The van der Waals surface area contributed by atoms with Crippen molar-refractivity contribution in [1.29, 1.82) is 0 Å². The average molecular weight is 604 g/mol. The van der Waals surface area contributed by atoms with Crippen molar-refractivity contribution in [2.45, 2.75) is 68.7 Å². The van der Waals surface area contributed by atoms with Gasteiger partial charge < -0.3 is 9.80 Å². The monoisotopic (exact) mass is 603 g/mol. The molecular formula is C33H34ClN3O4S. The van der Waals surface area contributed by atoms with Crippen molar-refractivity contribution in [2.75, 3.05) is 13.1 Å². The second-order valence-corrected chi connectivity index (χ2v) is 14.8. The van der Waals surface area contributed by atoms with Crippen molar-refractivity contribution in [3.8, 4) is 0 Å². The Labute approximate surface area is 255 Å². The van der Waals surface area contributed by atoms with E-state index in [1.807, 2.05) is 48.2 Å². The van der Waals surface area contributed by atoms with Crippen molar-refractivity contribution >= 4 is 52.6 Å². The Morgan fingerprint density at radius 2 is 1.76 bits per heavy atom. The fraction of sp³-hybridized carbons (Fsp3) is 0.455. The zero-order valence-corrected chi connectivity index (χ0v) is 25.4. The van der Waals surface area contributed by atoms with Gasteiger partial charge in [-0.1, -0.05) is 37.6 Å². The highest BCUT2D eigenvalue weighted by Crippen LogP contribution is 2.56. The van der Waals surface area contributed by atoms with Crippen molar-refractivity contribution in [2.24, 2.45) is 17.3 Å². The van der Waals surface area contributed by atoms with Crippen molar-refractivity contribution in [1.82, 2.24) is 15.1 Å². The highest BCUT2D eigenvalue weighted by Gasteiger charge is 2.57. The normalized spacial score (nSPS) is 28.1. The third-order valence-electron chi connectivity index (χ3n) is 9.69. The molecule has 3 unspecified atom stereocenters. The molecule has 3 aliphatic heterocycles. The van der Waals surface area contributed by atoms with Crippen LogP contribution in [0.1, 0.15) is 67.4 Å². The number of carbonyl (C=O) groups is 4. The fourth-order valence-electron chi connectivity index (χ4n) is 7.24. The fourth-order valence-corrected chi connectivity index (χ4v) is 8.87. The summed E-state index contributed by atoms with van der Waals surface area (Å²) in [5.41, 5.74) is 4.95. The van der Waals surface area contributed by atoms with Crippen LogP contribution < -0.4 is 5.32 Å². The largest absolute Gasteiger partial charge is 0.338 e. The van der Waals surface area contributed by atoms with Crippen LogP contribution in [0.25, 0.3) is 5.57 Å². The van der Waals surface area contributed by atoms with Crippen LogP contribution >= 0.6 is 23.4 Å². The standard InChI is InChI=1S/C33H34ClN3O4S/c1-33(2)12-11-23(24(14-33)18-3-5-20(34)6-4-18)31(40)36-16-25-26(17-36)29(25)42-21-7-8-22-19(13-21)15-37(32(22)41)27-9-10-28(38)35-30(27)39/h3-8,13,25-27,29H,9-12,14-17H2,1-2H3,(H,35,38,39). The second kappa shape index (κ2) is 10.3. The molecule has 4 amide bonds. The number of hydrogen-bond acceptors (Lipinski definition) is 5. The predicted octanol–water partition coefficient (Wildman–Crippen LogP) is 5.31. The number of hydrogen-bond donors (Lipinski definition) is 1. The van der Waals surface area contributed by atoms with Crippen LogP contribution in [0.4, 0.5) is 0 Å². The maximum atomic E-state index is 13.8. The zero-order valence-electron chi connectivity index (χ0n) is 23.8. The summed E-state index contributed by atoms with van der Waals surface area (Å²) < 4.78 is 0. The molecule has 218 valence electrons. The number of rotatable bonds is 5. The molecule has 2 aromatic rings.